The second kappa shape index (κ2) is 3.02. The van der Waals surface area contributed by atoms with Crippen LogP contribution >= 0.6 is 0 Å². The minimum atomic E-state index is -4.37. The third-order valence-electron chi connectivity index (χ3n) is 1.60. The highest BCUT2D eigenvalue weighted by Crippen LogP contribution is 2.34. The Kier molecular flexibility index (Phi) is 2.22. The van der Waals surface area contributed by atoms with Crippen molar-refractivity contribution in [3.8, 4) is 6.07 Å². The van der Waals surface area contributed by atoms with E-state index >= 15 is 0 Å². The lowest BCUT2D eigenvalue weighted by Crippen LogP contribution is -2.19. The molecule has 0 spiro atoms. The summed E-state index contributed by atoms with van der Waals surface area (Å²) in [5, 5.41) is 8.38. The van der Waals surface area contributed by atoms with Gasteiger partial charge in [-0.15, -0.1) is 0 Å². The largest absolute Gasteiger partial charge is 0.413 e. The molecule has 0 aromatic carbocycles. The highest BCUT2D eigenvalue weighted by Gasteiger charge is 2.38. The van der Waals surface area contributed by atoms with Gasteiger partial charge in [-0.1, -0.05) is 18.2 Å². The van der Waals surface area contributed by atoms with Crippen molar-refractivity contribution < 1.29 is 13.2 Å². The summed E-state index contributed by atoms with van der Waals surface area (Å²) < 4.78 is 36.4. The van der Waals surface area contributed by atoms with Gasteiger partial charge in [0.05, 0.1) is 17.6 Å². The summed E-state index contributed by atoms with van der Waals surface area (Å²) in [7, 11) is 0. The minimum absolute atomic E-state index is 0.257. The Balaban J connectivity index is 2.90. The normalized spacial score (nSPS) is 23.2. The molecule has 1 aliphatic carbocycles. The highest BCUT2D eigenvalue weighted by molar-refractivity contribution is 5.29. The Labute approximate surface area is 67.8 Å². The number of hydrogen-bond acceptors (Lipinski definition) is 1. The fourth-order valence-electron chi connectivity index (χ4n) is 1.04. The smallest absolute Gasteiger partial charge is 0.197 e. The summed E-state index contributed by atoms with van der Waals surface area (Å²) in [5.74, 6) is -1.13. The molecule has 0 bridgehead atoms. The van der Waals surface area contributed by atoms with E-state index in [4.69, 9.17) is 5.26 Å². The SMILES string of the molecule is N#CC1C=CCC=C1C(F)(F)F. The first kappa shape index (κ1) is 8.85. The molecule has 0 saturated heterocycles. The number of alkyl halides is 3. The predicted octanol–water partition coefficient (Wildman–Crippen LogP) is 2.57. The van der Waals surface area contributed by atoms with E-state index in [0.717, 1.165) is 6.08 Å². The molecule has 0 aromatic rings. The molecule has 1 aliphatic rings. The molecule has 0 aromatic heterocycles. The van der Waals surface area contributed by atoms with Crippen molar-refractivity contribution in [3.63, 3.8) is 0 Å². The van der Waals surface area contributed by atoms with Crippen LogP contribution in [0.25, 0.3) is 0 Å². The monoisotopic (exact) mass is 173 g/mol. The minimum Gasteiger partial charge on any atom is -0.197 e. The van der Waals surface area contributed by atoms with Crippen LogP contribution in [0.1, 0.15) is 6.42 Å². The van der Waals surface area contributed by atoms with E-state index in [1.54, 1.807) is 12.1 Å². The number of hydrogen-bond donors (Lipinski definition) is 0. The lowest BCUT2D eigenvalue weighted by Gasteiger charge is -2.16. The molecule has 1 atom stereocenters. The maximum atomic E-state index is 12.1. The van der Waals surface area contributed by atoms with Crippen LogP contribution < -0.4 is 0 Å². The Morgan fingerprint density at radius 1 is 1.50 bits per heavy atom. The van der Waals surface area contributed by atoms with Gasteiger partial charge in [0.2, 0.25) is 0 Å². The van der Waals surface area contributed by atoms with E-state index in [9.17, 15) is 13.2 Å². The lowest BCUT2D eigenvalue weighted by molar-refractivity contribution is -0.0958. The molecule has 0 fully saturated rings. The van der Waals surface area contributed by atoms with E-state index < -0.39 is 17.7 Å². The molecular formula is C8H6F3N. The standard InChI is InChI=1S/C8H6F3N/c9-8(10,11)7-4-2-1-3-6(7)5-12/h1,3-4,6H,2H2. The van der Waals surface area contributed by atoms with Crippen LogP contribution in [0, 0.1) is 17.2 Å². The maximum absolute atomic E-state index is 12.1. The van der Waals surface area contributed by atoms with Gasteiger partial charge >= 0.3 is 6.18 Å². The Bertz CT molecular complexity index is 267. The molecule has 0 aliphatic heterocycles. The first-order valence-electron chi connectivity index (χ1n) is 3.39. The van der Waals surface area contributed by atoms with Gasteiger partial charge in [0, 0.05) is 0 Å². The zero-order valence-corrected chi connectivity index (χ0v) is 6.10. The van der Waals surface area contributed by atoms with Gasteiger partial charge in [-0.3, -0.25) is 0 Å². The molecule has 1 rings (SSSR count). The van der Waals surface area contributed by atoms with Crippen molar-refractivity contribution in [1.29, 1.82) is 5.26 Å². The second-order valence-electron chi connectivity index (χ2n) is 2.43. The number of nitriles is 1. The molecule has 4 heteroatoms. The summed E-state index contributed by atoms with van der Waals surface area (Å²) in [6, 6.07) is 1.59. The lowest BCUT2D eigenvalue weighted by atomic mass is 9.94. The third kappa shape index (κ3) is 1.67. The summed E-state index contributed by atoms with van der Waals surface area (Å²) in [6.07, 6.45) is -0.224. The molecule has 0 N–H and O–H groups in total. The number of rotatable bonds is 0. The van der Waals surface area contributed by atoms with Gasteiger partial charge in [0.15, 0.2) is 0 Å². The molecule has 0 heterocycles. The van der Waals surface area contributed by atoms with Gasteiger partial charge in [-0.2, -0.15) is 18.4 Å². The average Bonchev–Trinajstić information content (AvgIpc) is 2.03. The number of nitrogens with zero attached hydrogens (tertiary/aromatic N) is 1. The topological polar surface area (TPSA) is 23.8 Å². The zero-order chi connectivity index (χ0) is 9.19. The van der Waals surface area contributed by atoms with E-state index in [0.29, 0.717) is 0 Å². The predicted molar refractivity (Wildman–Crippen MR) is 37.0 cm³/mol. The molecule has 1 unspecified atom stereocenters. The Morgan fingerprint density at radius 3 is 2.58 bits per heavy atom. The first-order chi connectivity index (χ1) is 5.55. The van der Waals surface area contributed by atoms with Gasteiger partial charge in [-0.05, 0) is 6.42 Å². The summed E-state index contributed by atoms with van der Waals surface area (Å²) in [5.41, 5.74) is -0.743. The average molecular weight is 173 g/mol. The van der Waals surface area contributed by atoms with Crippen molar-refractivity contribution in [2.45, 2.75) is 12.6 Å². The van der Waals surface area contributed by atoms with Crippen LogP contribution in [-0.4, -0.2) is 6.18 Å². The molecule has 0 amide bonds. The molecule has 12 heavy (non-hydrogen) atoms. The van der Waals surface area contributed by atoms with Crippen LogP contribution in [0.15, 0.2) is 23.8 Å². The Hall–Kier alpha value is -1.24. The highest BCUT2D eigenvalue weighted by atomic mass is 19.4. The molecule has 64 valence electrons. The molecule has 0 radical (unpaired) electrons. The van der Waals surface area contributed by atoms with Crippen LogP contribution in [0.2, 0.25) is 0 Å². The number of halogens is 3. The quantitative estimate of drug-likeness (QED) is 0.516. The molecule has 0 saturated carbocycles. The summed E-state index contributed by atoms with van der Waals surface area (Å²) in [6.45, 7) is 0. The van der Waals surface area contributed by atoms with Gasteiger partial charge in [0.1, 0.15) is 0 Å². The fourth-order valence-corrected chi connectivity index (χ4v) is 1.04. The van der Waals surface area contributed by atoms with E-state index in [2.05, 4.69) is 0 Å². The van der Waals surface area contributed by atoms with Crippen molar-refractivity contribution >= 4 is 0 Å². The first-order valence-corrected chi connectivity index (χ1v) is 3.39. The summed E-state index contributed by atoms with van der Waals surface area (Å²) in [4.78, 5) is 0. The third-order valence-corrected chi connectivity index (χ3v) is 1.60. The fraction of sp³-hybridized carbons (Fsp3) is 0.375. The molecule has 1 nitrogen and oxygen atoms in total. The Morgan fingerprint density at radius 2 is 2.17 bits per heavy atom. The summed E-state index contributed by atoms with van der Waals surface area (Å²) >= 11 is 0. The van der Waals surface area contributed by atoms with Crippen molar-refractivity contribution in [2.24, 2.45) is 5.92 Å². The van der Waals surface area contributed by atoms with Crippen LogP contribution in [0.5, 0.6) is 0 Å². The van der Waals surface area contributed by atoms with Crippen LogP contribution in [0.4, 0.5) is 13.2 Å². The van der Waals surface area contributed by atoms with Crippen LogP contribution in [-0.2, 0) is 0 Å². The second-order valence-corrected chi connectivity index (χ2v) is 2.43. The van der Waals surface area contributed by atoms with Gasteiger partial charge < -0.3 is 0 Å². The van der Waals surface area contributed by atoms with Crippen molar-refractivity contribution in [3.05, 3.63) is 23.8 Å². The van der Waals surface area contributed by atoms with Gasteiger partial charge in [-0.25, -0.2) is 0 Å². The van der Waals surface area contributed by atoms with Gasteiger partial charge in [0.25, 0.3) is 0 Å². The van der Waals surface area contributed by atoms with E-state index in [1.165, 1.54) is 6.08 Å². The number of allylic oxidation sites excluding steroid dienone is 4. The van der Waals surface area contributed by atoms with Crippen molar-refractivity contribution in [1.82, 2.24) is 0 Å². The van der Waals surface area contributed by atoms with E-state index in [1.807, 2.05) is 0 Å². The zero-order valence-electron chi connectivity index (χ0n) is 6.10. The van der Waals surface area contributed by atoms with Crippen LogP contribution in [0.3, 0.4) is 0 Å². The van der Waals surface area contributed by atoms with Crippen molar-refractivity contribution in [2.75, 3.05) is 0 Å². The molecular weight excluding hydrogens is 167 g/mol. The van der Waals surface area contributed by atoms with E-state index in [-0.39, 0.29) is 6.42 Å². The maximum Gasteiger partial charge on any atom is 0.413 e.